The van der Waals surface area contributed by atoms with Gasteiger partial charge in [-0.1, -0.05) is 32.0 Å². The lowest BCUT2D eigenvalue weighted by Gasteiger charge is -2.59. The van der Waals surface area contributed by atoms with Crippen molar-refractivity contribution in [2.75, 3.05) is 26.5 Å². The lowest BCUT2D eigenvalue weighted by Crippen LogP contribution is -2.69. The van der Waals surface area contributed by atoms with Crippen LogP contribution in [0.1, 0.15) is 27.2 Å². The third-order valence-corrected chi connectivity index (χ3v) is 6.77. The van der Waals surface area contributed by atoms with Crippen LogP contribution in [-0.4, -0.2) is 48.3 Å². The van der Waals surface area contributed by atoms with Crippen molar-refractivity contribution in [2.24, 2.45) is 10.4 Å². The second-order valence-corrected chi connectivity index (χ2v) is 8.49. The number of aliphatic imine (C=N–C) groups is 1. The molecule has 3 atom stereocenters. The molecule has 2 rings (SSSR count). The van der Waals surface area contributed by atoms with Crippen molar-refractivity contribution in [3.63, 3.8) is 0 Å². The lowest BCUT2D eigenvalue weighted by molar-refractivity contribution is -0.176. The summed E-state index contributed by atoms with van der Waals surface area (Å²) < 4.78 is 17.9. The van der Waals surface area contributed by atoms with Crippen LogP contribution >= 0.6 is 24.0 Å². The summed E-state index contributed by atoms with van der Waals surface area (Å²) in [5.41, 5.74) is -0.0927. The summed E-state index contributed by atoms with van der Waals surface area (Å²) in [6, 6.07) is 9.84. The minimum Gasteiger partial charge on any atom is -0.378 e. The van der Waals surface area contributed by atoms with Crippen LogP contribution in [-0.2, 0) is 15.5 Å². The monoisotopic (exact) mass is 479 g/mol. The van der Waals surface area contributed by atoms with E-state index in [0.717, 1.165) is 17.3 Å². The Balaban J connectivity index is 0.00000312. The summed E-state index contributed by atoms with van der Waals surface area (Å²) in [5.74, 6) is 1.30. The van der Waals surface area contributed by atoms with E-state index in [1.807, 2.05) is 30.3 Å². The van der Waals surface area contributed by atoms with Crippen LogP contribution in [0.15, 0.2) is 40.2 Å². The van der Waals surface area contributed by atoms with Crippen LogP contribution in [0.3, 0.4) is 0 Å². The molecule has 7 heteroatoms. The van der Waals surface area contributed by atoms with Crippen molar-refractivity contribution in [1.29, 1.82) is 0 Å². The number of nitrogens with one attached hydrogen (secondary N) is 2. The van der Waals surface area contributed by atoms with Crippen LogP contribution < -0.4 is 10.6 Å². The topological polar surface area (TPSA) is 62.7 Å². The summed E-state index contributed by atoms with van der Waals surface area (Å²) in [5, 5.41) is 6.71. The van der Waals surface area contributed by atoms with Gasteiger partial charge in [-0.2, -0.15) is 0 Å². The summed E-state index contributed by atoms with van der Waals surface area (Å²) in [6.45, 7) is 7.16. The Morgan fingerprint density at radius 1 is 1.32 bits per heavy atom. The molecule has 0 saturated heterocycles. The first kappa shape index (κ1) is 22.4. The van der Waals surface area contributed by atoms with E-state index in [1.54, 1.807) is 14.2 Å². The van der Waals surface area contributed by atoms with Gasteiger partial charge in [0.15, 0.2) is 5.96 Å². The second kappa shape index (κ2) is 9.32. The van der Waals surface area contributed by atoms with Gasteiger partial charge >= 0.3 is 0 Å². The average Bonchev–Trinajstić information content (AvgIpc) is 2.60. The third kappa shape index (κ3) is 4.95. The van der Waals surface area contributed by atoms with Gasteiger partial charge in [-0.3, -0.25) is 9.20 Å². The molecule has 0 amide bonds. The lowest BCUT2D eigenvalue weighted by atomic mass is 9.56. The average molecular weight is 479 g/mol. The van der Waals surface area contributed by atoms with Crippen molar-refractivity contribution < 1.29 is 8.95 Å². The number of rotatable bonds is 6. The molecule has 0 aliphatic heterocycles. The molecule has 1 aliphatic rings. The van der Waals surface area contributed by atoms with Crippen LogP contribution in [0.25, 0.3) is 0 Å². The first-order valence-corrected chi connectivity index (χ1v) is 9.61. The summed E-state index contributed by atoms with van der Waals surface area (Å²) in [6.07, 6.45) is 0.938. The number of methoxy groups -OCH3 is 1. The van der Waals surface area contributed by atoms with E-state index in [0.29, 0.717) is 18.3 Å². The fraction of sp³-hybridized carbons (Fsp3) is 0.611. The van der Waals surface area contributed by atoms with Gasteiger partial charge in [-0.25, -0.2) is 0 Å². The quantitative estimate of drug-likeness (QED) is 0.374. The van der Waals surface area contributed by atoms with Crippen molar-refractivity contribution >= 4 is 40.7 Å². The molecule has 1 aliphatic carbocycles. The number of nitrogens with zero attached hydrogens (tertiary/aromatic N) is 1. The number of halogens is 1. The zero-order valence-electron chi connectivity index (χ0n) is 15.7. The molecule has 0 aromatic heterocycles. The maximum absolute atomic E-state index is 12.2. The molecular weight excluding hydrogens is 449 g/mol. The van der Waals surface area contributed by atoms with Crippen molar-refractivity contribution in [3.8, 4) is 0 Å². The summed E-state index contributed by atoms with van der Waals surface area (Å²) in [4.78, 5) is 5.13. The molecule has 1 aromatic rings. The van der Waals surface area contributed by atoms with Gasteiger partial charge < -0.3 is 15.4 Å². The SMILES string of the molecule is CN=C(NCCS(=O)c1ccccc1)NC1CC(C)(OC)C1(C)C.I. The standard InChI is InChI=1S/C18H29N3O2S.HI/c1-17(2)15(13-18(17,3)23-5)21-16(19-4)20-11-12-24(22)14-9-7-6-8-10-14;/h6-10,15H,11-13H2,1-5H3,(H2,19,20,21);1H. The summed E-state index contributed by atoms with van der Waals surface area (Å²) >= 11 is 0. The number of guanidine groups is 1. The van der Waals surface area contributed by atoms with Crippen LogP contribution in [0.5, 0.6) is 0 Å². The van der Waals surface area contributed by atoms with E-state index >= 15 is 0 Å². The minimum absolute atomic E-state index is 0. The highest BCUT2D eigenvalue weighted by molar-refractivity contribution is 14.0. The van der Waals surface area contributed by atoms with Gasteiger partial charge in [0, 0.05) is 42.8 Å². The molecule has 5 nitrogen and oxygen atoms in total. The molecule has 0 heterocycles. The van der Waals surface area contributed by atoms with Crippen molar-refractivity contribution in [3.05, 3.63) is 30.3 Å². The molecule has 0 radical (unpaired) electrons. The van der Waals surface area contributed by atoms with Gasteiger partial charge in [0.05, 0.1) is 16.4 Å². The van der Waals surface area contributed by atoms with E-state index in [-0.39, 0.29) is 35.0 Å². The third-order valence-electron chi connectivity index (χ3n) is 5.40. The molecular formula is C18H30IN3O2S. The maximum Gasteiger partial charge on any atom is 0.191 e. The first-order valence-electron chi connectivity index (χ1n) is 8.30. The molecule has 0 spiro atoms. The van der Waals surface area contributed by atoms with E-state index < -0.39 is 10.8 Å². The Bertz CT molecular complexity index is 610. The van der Waals surface area contributed by atoms with E-state index in [2.05, 4.69) is 36.4 Å². The normalized spacial score (nSPS) is 26.1. The van der Waals surface area contributed by atoms with Gasteiger partial charge in [0.25, 0.3) is 0 Å². The van der Waals surface area contributed by atoms with E-state index in [1.165, 1.54) is 0 Å². The van der Waals surface area contributed by atoms with E-state index in [9.17, 15) is 4.21 Å². The van der Waals surface area contributed by atoms with Gasteiger partial charge in [0.2, 0.25) is 0 Å². The highest BCUT2D eigenvalue weighted by atomic mass is 127. The van der Waals surface area contributed by atoms with Crippen LogP contribution in [0.2, 0.25) is 0 Å². The number of benzene rings is 1. The Morgan fingerprint density at radius 3 is 2.48 bits per heavy atom. The zero-order chi connectivity index (χ0) is 17.8. The number of ether oxygens (including phenoxy) is 1. The Kier molecular flexibility index (Phi) is 8.34. The molecule has 1 fully saturated rings. The van der Waals surface area contributed by atoms with Gasteiger partial charge in [0.1, 0.15) is 0 Å². The molecule has 3 unspecified atom stereocenters. The molecule has 2 N–H and O–H groups in total. The van der Waals surface area contributed by atoms with Crippen LogP contribution in [0.4, 0.5) is 0 Å². The first-order chi connectivity index (χ1) is 11.3. The Hall–Kier alpha value is -0.670. The second-order valence-electron chi connectivity index (χ2n) is 6.92. The highest BCUT2D eigenvalue weighted by Gasteiger charge is 2.58. The van der Waals surface area contributed by atoms with Gasteiger partial charge in [-0.15, -0.1) is 24.0 Å². The smallest absolute Gasteiger partial charge is 0.191 e. The van der Waals surface area contributed by atoms with Crippen molar-refractivity contribution in [1.82, 2.24) is 10.6 Å². The fourth-order valence-electron chi connectivity index (χ4n) is 3.03. The summed E-state index contributed by atoms with van der Waals surface area (Å²) in [7, 11) is 2.53. The Labute approximate surface area is 170 Å². The largest absolute Gasteiger partial charge is 0.378 e. The predicted molar refractivity (Wildman–Crippen MR) is 115 cm³/mol. The van der Waals surface area contributed by atoms with E-state index in [4.69, 9.17) is 4.74 Å². The number of hydrogen-bond acceptors (Lipinski definition) is 3. The predicted octanol–water partition coefficient (Wildman–Crippen LogP) is 2.78. The molecule has 142 valence electrons. The molecule has 1 saturated carbocycles. The molecule has 1 aromatic carbocycles. The maximum atomic E-state index is 12.2. The van der Waals surface area contributed by atoms with Crippen LogP contribution in [0, 0.1) is 5.41 Å². The van der Waals surface area contributed by atoms with Gasteiger partial charge in [-0.05, 0) is 25.5 Å². The minimum atomic E-state index is -0.997. The Morgan fingerprint density at radius 2 is 1.96 bits per heavy atom. The molecule has 25 heavy (non-hydrogen) atoms. The van der Waals surface area contributed by atoms with Crippen molar-refractivity contribution in [2.45, 2.75) is 43.7 Å². The fourth-order valence-corrected chi connectivity index (χ4v) is 4.02. The number of hydrogen-bond donors (Lipinski definition) is 2. The zero-order valence-corrected chi connectivity index (χ0v) is 18.8. The molecule has 0 bridgehead atoms. The highest BCUT2D eigenvalue weighted by Crippen LogP contribution is 2.51.